The highest BCUT2D eigenvalue weighted by Gasteiger charge is 2.27. The van der Waals surface area contributed by atoms with E-state index >= 15 is 0 Å². The van der Waals surface area contributed by atoms with Crippen molar-refractivity contribution in [1.82, 2.24) is 9.80 Å². The summed E-state index contributed by atoms with van der Waals surface area (Å²) in [6.07, 6.45) is -0.733. The van der Waals surface area contributed by atoms with E-state index in [1.807, 2.05) is 0 Å². The predicted octanol–water partition coefficient (Wildman–Crippen LogP) is 0.322. The lowest BCUT2D eigenvalue weighted by atomic mass is 10.2. The normalized spacial score (nSPS) is 17.8. The van der Waals surface area contributed by atoms with Gasteiger partial charge >= 0.3 is 6.09 Å². The first-order valence-electron chi connectivity index (χ1n) is 5.83. The fourth-order valence-corrected chi connectivity index (χ4v) is 1.68. The second kappa shape index (κ2) is 6.44. The van der Waals surface area contributed by atoms with E-state index in [1.165, 1.54) is 7.11 Å². The van der Waals surface area contributed by atoms with Gasteiger partial charge < -0.3 is 19.3 Å². The van der Waals surface area contributed by atoms with Gasteiger partial charge in [0, 0.05) is 33.3 Å². The molecule has 0 aromatic heterocycles. The van der Waals surface area contributed by atoms with E-state index in [4.69, 9.17) is 9.47 Å². The number of ether oxygens (including phenoxy) is 2. The second-order valence-electron chi connectivity index (χ2n) is 3.89. The van der Waals surface area contributed by atoms with Crippen LogP contribution in [-0.4, -0.2) is 67.8 Å². The van der Waals surface area contributed by atoms with E-state index in [-0.39, 0.29) is 12.0 Å². The van der Waals surface area contributed by atoms with Gasteiger partial charge in [0.05, 0.1) is 6.61 Å². The Kier molecular flexibility index (Phi) is 5.21. The standard InChI is InChI=1S/C11H20N2O4/c1-4-17-11(15)13-7-5-12(6-8-13)10(14)9(2)16-3/h9H,4-8H2,1-3H3. The molecule has 0 radical (unpaired) electrons. The first-order chi connectivity index (χ1) is 8.10. The molecular weight excluding hydrogens is 224 g/mol. The smallest absolute Gasteiger partial charge is 0.409 e. The minimum Gasteiger partial charge on any atom is -0.450 e. The van der Waals surface area contributed by atoms with Crippen LogP contribution in [0.1, 0.15) is 13.8 Å². The Hall–Kier alpha value is -1.30. The lowest BCUT2D eigenvalue weighted by molar-refractivity contribution is -0.142. The van der Waals surface area contributed by atoms with Crippen LogP contribution in [0.25, 0.3) is 0 Å². The number of amides is 2. The van der Waals surface area contributed by atoms with Gasteiger partial charge in [-0.1, -0.05) is 0 Å². The second-order valence-corrected chi connectivity index (χ2v) is 3.89. The van der Waals surface area contributed by atoms with Crippen LogP contribution in [0.4, 0.5) is 4.79 Å². The van der Waals surface area contributed by atoms with Crippen LogP contribution in [0.2, 0.25) is 0 Å². The maximum absolute atomic E-state index is 11.8. The fourth-order valence-electron chi connectivity index (χ4n) is 1.68. The first kappa shape index (κ1) is 13.8. The molecule has 6 nitrogen and oxygen atoms in total. The molecule has 0 spiro atoms. The van der Waals surface area contributed by atoms with Crippen molar-refractivity contribution in [3.05, 3.63) is 0 Å². The third-order valence-corrected chi connectivity index (χ3v) is 2.82. The number of carbonyl (C=O) groups is 2. The highest BCUT2D eigenvalue weighted by molar-refractivity contribution is 5.80. The van der Waals surface area contributed by atoms with E-state index in [0.717, 1.165) is 0 Å². The Balaban J connectivity index is 2.40. The van der Waals surface area contributed by atoms with Crippen molar-refractivity contribution < 1.29 is 19.1 Å². The van der Waals surface area contributed by atoms with Gasteiger partial charge in [0.15, 0.2) is 0 Å². The summed E-state index contributed by atoms with van der Waals surface area (Å²) in [6.45, 7) is 5.97. The molecule has 17 heavy (non-hydrogen) atoms. The fraction of sp³-hybridized carbons (Fsp3) is 0.818. The van der Waals surface area contributed by atoms with Gasteiger partial charge in [-0.15, -0.1) is 0 Å². The number of hydrogen-bond acceptors (Lipinski definition) is 4. The van der Waals surface area contributed by atoms with Gasteiger partial charge in [-0.3, -0.25) is 4.79 Å². The monoisotopic (exact) mass is 244 g/mol. The van der Waals surface area contributed by atoms with Gasteiger partial charge in [0.2, 0.25) is 0 Å². The number of piperazine rings is 1. The Morgan fingerprint density at radius 2 is 1.71 bits per heavy atom. The molecule has 1 rings (SSSR count). The highest BCUT2D eigenvalue weighted by atomic mass is 16.6. The Morgan fingerprint density at radius 1 is 1.18 bits per heavy atom. The van der Waals surface area contributed by atoms with Gasteiger partial charge in [0.25, 0.3) is 5.91 Å². The third-order valence-electron chi connectivity index (χ3n) is 2.82. The van der Waals surface area contributed by atoms with Crippen LogP contribution in [0.5, 0.6) is 0 Å². The Labute approximate surface area is 101 Å². The van der Waals surface area contributed by atoms with Crippen molar-refractivity contribution in [2.75, 3.05) is 39.9 Å². The molecule has 0 aromatic rings. The number of rotatable bonds is 3. The molecular formula is C11H20N2O4. The van der Waals surface area contributed by atoms with Crippen molar-refractivity contribution in [2.24, 2.45) is 0 Å². The van der Waals surface area contributed by atoms with E-state index in [2.05, 4.69) is 0 Å². The quantitative estimate of drug-likeness (QED) is 0.717. The summed E-state index contributed by atoms with van der Waals surface area (Å²) in [5, 5.41) is 0. The summed E-state index contributed by atoms with van der Waals surface area (Å²) in [6, 6.07) is 0. The summed E-state index contributed by atoms with van der Waals surface area (Å²) < 4.78 is 9.89. The first-order valence-corrected chi connectivity index (χ1v) is 5.83. The zero-order chi connectivity index (χ0) is 12.8. The van der Waals surface area contributed by atoms with Crippen LogP contribution >= 0.6 is 0 Å². The average Bonchev–Trinajstić information content (AvgIpc) is 2.37. The minimum absolute atomic E-state index is 0.0315. The molecule has 0 saturated carbocycles. The summed E-state index contributed by atoms with van der Waals surface area (Å²) in [7, 11) is 1.51. The molecule has 1 aliphatic rings. The van der Waals surface area contributed by atoms with E-state index in [9.17, 15) is 9.59 Å². The number of nitrogens with zero attached hydrogens (tertiary/aromatic N) is 2. The Morgan fingerprint density at radius 3 is 2.18 bits per heavy atom. The zero-order valence-corrected chi connectivity index (χ0v) is 10.6. The van der Waals surface area contributed by atoms with E-state index in [1.54, 1.807) is 23.6 Å². The molecule has 0 N–H and O–H groups in total. The van der Waals surface area contributed by atoms with Crippen molar-refractivity contribution >= 4 is 12.0 Å². The lowest BCUT2D eigenvalue weighted by Gasteiger charge is -2.35. The van der Waals surface area contributed by atoms with Crippen LogP contribution in [0.15, 0.2) is 0 Å². The summed E-state index contributed by atoms with van der Waals surface area (Å²) in [4.78, 5) is 26.6. The predicted molar refractivity (Wildman–Crippen MR) is 61.6 cm³/mol. The third kappa shape index (κ3) is 3.59. The lowest BCUT2D eigenvalue weighted by Crippen LogP contribution is -2.52. The molecule has 1 atom stereocenters. The van der Waals surface area contributed by atoms with Gasteiger partial charge in [0.1, 0.15) is 6.10 Å². The van der Waals surface area contributed by atoms with Crippen molar-refractivity contribution in [2.45, 2.75) is 20.0 Å². The highest BCUT2D eigenvalue weighted by Crippen LogP contribution is 2.06. The summed E-state index contributed by atoms with van der Waals surface area (Å²) in [5.41, 5.74) is 0. The van der Waals surface area contributed by atoms with Gasteiger partial charge in [-0.25, -0.2) is 4.79 Å². The number of carbonyl (C=O) groups excluding carboxylic acids is 2. The molecule has 0 bridgehead atoms. The molecule has 1 unspecified atom stereocenters. The van der Waals surface area contributed by atoms with Gasteiger partial charge in [-0.2, -0.15) is 0 Å². The molecule has 0 aromatic carbocycles. The van der Waals surface area contributed by atoms with Crippen molar-refractivity contribution in [3.63, 3.8) is 0 Å². The molecule has 98 valence electrons. The van der Waals surface area contributed by atoms with E-state index < -0.39 is 6.10 Å². The number of methoxy groups -OCH3 is 1. The maximum Gasteiger partial charge on any atom is 0.409 e. The van der Waals surface area contributed by atoms with Crippen molar-refractivity contribution in [1.29, 1.82) is 0 Å². The largest absolute Gasteiger partial charge is 0.450 e. The topological polar surface area (TPSA) is 59.1 Å². The maximum atomic E-state index is 11.8. The molecule has 0 aliphatic carbocycles. The van der Waals surface area contributed by atoms with Gasteiger partial charge in [-0.05, 0) is 13.8 Å². The average molecular weight is 244 g/mol. The molecule has 2 amide bonds. The molecule has 1 aliphatic heterocycles. The van der Waals surface area contributed by atoms with Crippen LogP contribution in [0.3, 0.4) is 0 Å². The molecule has 1 saturated heterocycles. The van der Waals surface area contributed by atoms with Crippen LogP contribution < -0.4 is 0 Å². The molecule has 1 heterocycles. The SMILES string of the molecule is CCOC(=O)N1CCN(C(=O)C(C)OC)CC1. The van der Waals surface area contributed by atoms with Crippen molar-refractivity contribution in [3.8, 4) is 0 Å². The number of hydrogen-bond donors (Lipinski definition) is 0. The Bertz CT molecular complexity index is 275. The van der Waals surface area contributed by atoms with E-state index in [0.29, 0.717) is 32.8 Å². The zero-order valence-electron chi connectivity index (χ0n) is 10.6. The minimum atomic E-state index is -0.427. The summed E-state index contributed by atoms with van der Waals surface area (Å²) in [5.74, 6) is -0.0315. The summed E-state index contributed by atoms with van der Waals surface area (Å²) >= 11 is 0. The van der Waals surface area contributed by atoms with Crippen LogP contribution in [-0.2, 0) is 14.3 Å². The van der Waals surface area contributed by atoms with Crippen LogP contribution in [0, 0.1) is 0 Å². The molecule has 6 heteroatoms. The molecule has 1 fully saturated rings.